The van der Waals surface area contributed by atoms with E-state index in [1.165, 1.54) is 0 Å². The lowest BCUT2D eigenvalue weighted by Gasteiger charge is -2.09. The largest absolute Gasteiger partial charge is 0.423 e. The molecule has 0 radical (unpaired) electrons. The fraction of sp³-hybridized carbons (Fsp3) is 0.167. The second-order valence-electron chi connectivity index (χ2n) is 6.01. The fourth-order valence-corrected chi connectivity index (χ4v) is 2.72. The van der Waals surface area contributed by atoms with E-state index in [-0.39, 0.29) is 0 Å². The van der Waals surface area contributed by atoms with Crippen molar-refractivity contribution in [3.05, 3.63) is 84.0 Å². The molecule has 4 nitrogen and oxygen atoms in total. The van der Waals surface area contributed by atoms with Gasteiger partial charge >= 0.3 is 11.9 Å². The highest BCUT2D eigenvalue weighted by molar-refractivity contribution is 5.84. The van der Waals surface area contributed by atoms with Gasteiger partial charge in [-0.2, -0.15) is 0 Å². The summed E-state index contributed by atoms with van der Waals surface area (Å²) in [6.45, 7) is 10.9. The van der Waals surface area contributed by atoms with Crippen molar-refractivity contribution < 1.29 is 19.1 Å². The molecule has 2 aromatic rings. The van der Waals surface area contributed by atoms with Crippen LogP contribution in [-0.2, 0) is 22.4 Å². The van der Waals surface area contributed by atoms with Crippen LogP contribution in [-0.4, -0.2) is 11.9 Å². The molecule has 2 rings (SSSR count). The van der Waals surface area contributed by atoms with Crippen molar-refractivity contribution in [1.82, 2.24) is 0 Å². The van der Waals surface area contributed by atoms with Crippen LogP contribution < -0.4 is 9.47 Å². The third kappa shape index (κ3) is 5.55. The summed E-state index contributed by atoms with van der Waals surface area (Å²) in [5.41, 5.74) is 4.23. The van der Waals surface area contributed by atoms with Crippen LogP contribution in [0.4, 0.5) is 0 Å². The second-order valence-corrected chi connectivity index (χ2v) is 6.01. The average molecular weight is 376 g/mol. The van der Waals surface area contributed by atoms with Gasteiger partial charge in [0.15, 0.2) is 0 Å². The van der Waals surface area contributed by atoms with Crippen LogP contribution in [0.15, 0.2) is 61.7 Å². The highest BCUT2D eigenvalue weighted by Crippen LogP contribution is 2.24. The van der Waals surface area contributed by atoms with E-state index in [2.05, 4.69) is 13.2 Å². The summed E-state index contributed by atoms with van der Waals surface area (Å²) in [5.74, 6) is 0.0495. The molecule has 0 aliphatic rings. The molecule has 0 bridgehead atoms. The third-order valence-corrected chi connectivity index (χ3v) is 4.20. The molecule has 0 spiro atoms. The molecule has 144 valence electrons. The van der Waals surface area contributed by atoms with Crippen molar-refractivity contribution in [2.24, 2.45) is 0 Å². The molecule has 0 fully saturated rings. The molecule has 0 aliphatic carbocycles. The molecule has 0 N–H and O–H groups in total. The monoisotopic (exact) mass is 376 g/mol. The van der Waals surface area contributed by atoms with E-state index in [1.54, 1.807) is 12.1 Å². The number of rotatable bonds is 8. The molecule has 0 saturated carbocycles. The molecule has 28 heavy (non-hydrogen) atoms. The minimum atomic E-state index is -0.477. The Morgan fingerprint density at radius 1 is 0.786 bits per heavy atom. The Bertz CT molecular complexity index is 847. The number of benzene rings is 2. The van der Waals surface area contributed by atoms with Crippen molar-refractivity contribution in [1.29, 1.82) is 0 Å². The van der Waals surface area contributed by atoms with E-state index in [1.807, 2.05) is 50.3 Å². The fourth-order valence-electron chi connectivity index (χ4n) is 2.72. The van der Waals surface area contributed by atoms with E-state index in [0.717, 1.165) is 47.2 Å². The van der Waals surface area contributed by atoms with Gasteiger partial charge in [0.2, 0.25) is 0 Å². The molecule has 0 aromatic heterocycles. The van der Waals surface area contributed by atoms with Crippen molar-refractivity contribution in [2.75, 3.05) is 0 Å². The van der Waals surface area contributed by atoms with Crippen LogP contribution in [0, 0.1) is 0 Å². The predicted octanol–water partition coefficient (Wildman–Crippen LogP) is 5.16. The van der Waals surface area contributed by atoms with Crippen molar-refractivity contribution in [2.45, 2.75) is 26.7 Å². The Morgan fingerprint density at radius 3 is 1.50 bits per heavy atom. The number of carbonyl (C=O) groups is 2. The molecule has 0 aliphatic heterocycles. The van der Waals surface area contributed by atoms with Gasteiger partial charge in [0.05, 0.1) is 0 Å². The smallest absolute Gasteiger partial charge is 0.335 e. The average Bonchev–Trinajstić information content (AvgIpc) is 2.72. The Hall–Kier alpha value is -3.40. The lowest BCUT2D eigenvalue weighted by Crippen LogP contribution is -2.03. The quantitative estimate of drug-likeness (QED) is 0.276. The van der Waals surface area contributed by atoms with Crippen molar-refractivity contribution >= 4 is 24.1 Å². The summed E-state index contributed by atoms with van der Waals surface area (Å²) >= 11 is 0. The zero-order valence-corrected chi connectivity index (χ0v) is 16.2. The lowest BCUT2D eigenvalue weighted by atomic mass is 10.0. The summed E-state index contributed by atoms with van der Waals surface area (Å²) in [7, 11) is 0. The van der Waals surface area contributed by atoms with Gasteiger partial charge in [-0.15, -0.1) is 0 Å². The minimum Gasteiger partial charge on any atom is -0.423 e. The van der Waals surface area contributed by atoms with E-state index < -0.39 is 11.9 Å². The van der Waals surface area contributed by atoms with E-state index in [9.17, 15) is 9.59 Å². The molecule has 0 heterocycles. The van der Waals surface area contributed by atoms with Crippen LogP contribution in [0.5, 0.6) is 11.5 Å². The Labute approximate surface area is 165 Å². The van der Waals surface area contributed by atoms with Gasteiger partial charge in [-0.25, -0.2) is 9.59 Å². The standard InChI is InChI=1S/C24H24O4/c1-5-17-15-21(27-23(25)7-3)13-11-19(17)9-10-20-12-14-22(16-18(20)6-2)28-24(26)8-4/h7-16H,3-6H2,1-2H3/b10-9+. The number of carbonyl (C=O) groups excluding carboxylic acids is 2. The summed E-state index contributed by atoms with van der Waals surface area (Å²) in [6.07, 6.45) is 7.94. The lowest BCUT2D eigenvalue weighted by molar-refractivity contribution is -0.129. The molecule has 0 saturated heterocycles. The maximum absolute atomic E-state index is 11.4. The first kappa shape index (κ1) is 20.9. The van der Waals surface area contributed by atoms with Crippen LogP contribution in [0.2, 0.25) is 0 Å². The van der Waals surface area contributed by atoms with Crippen LogP contribution in [0.3, 0.4) is 0 Å². The van der Waals surface area contributed by atoms with E-state index in [0.29, 0.717) is 11.5 Å². The van der Waals surface area contributed by atoms with Gasteiger partial charge in [0.25, 0.3) is 0 Å². The number of hydrogen-bond acceptors (Lipinski definition) is 4. The van der Waals surface area contributed by atoms with Gasteiger partial charge in [0, 0.05) is 12.2 Å². The number of aryl methyl sites for hydroxylation is 2. The van der Waals surface area contributed by atoms with Gasteiger partial charge in [-0.3, -0.25) is 0 Å². The van der Waals surface area contributed by atoms with Gasteiger partial charge < -0.3 is 9.47 Å². The topological polar surface area (TPSA) is 52.6 Å². The first-order chi connectivity index (χ1) is 13.5. The Balaban J connectivity index is 2.26. The highest BCUT2D eigenvalue weighted by Gasteiger charge is 2.06. The zero-order chi connectivity index (χ0) is 20.5. The van der Waals surface area contributed by atoms with Gasteiger partial charge in [-0.1, -0.05) is 51.3 Å². The Kier molecular flexibility index (Phi) is 7.52. The summed E-state index contributed by atoms with van der Waals surface area (Å²) < 4.78 is 10.4. The zero-order valence-electron chi connectivity index (χ0n) is 16.2. The third-order valence-electron chi connectivity index (χ3n) is 4.20. The number of esters is 2. The minimum absolute atomic E-state index is 0.477. The van der Waals surface area contributed by atoms with E-state index in [4.69, 9.17) is 9.47 Å². The van der Waals surface area contributed by atoms with E-state index >= 15 is 0 Å². The van der Waals surface area contributed by atoms with Gasteiger partial charge in [0.1, 0.15) is 11.5 Å². The molecule has 4 heteroatoms. The van der Waals surface area contributed by atoms with Crippen LogP contribution in [0.25, 0.3) is 12.2 Å². The first-order valence-electron chi connectivity index (χ1n) is 9.13. The second kappa shape index (κ2) is 10.1. The molecular formula is C24H24O4. The van der Waals surface area contributed by atoms with Crippen molar-refractivity contribution in [3.63, 3.8) is 0 Å². The molecular weight excluding hydrogens is 352 g/mol. The molecule has 2 aromatic carbocycles. The van der Waals surface area contributed by atoms with Crippen LogP contribution in [0.1, 0.15) is 36.1 Å². The number of ether oxygens (including phenoxy) is 2. The Morgan fingerprint density at radius 2 is 1.18 bits per heavy atom. The predicted molar refractivity (Wildman–Crippen MR) is 112 cm³/mol. The van der Waals surface area contributed by atoms with Crippen LogP contribution >= 0.6 is 0 Å². The SMILES string of the molecule is C=CC(=O)Oc1ccc(/C=C/c2ccc(OC(=O)C=C)cc2CC)c(CC)c1. The van der Waals surface area contributed by atoms with Crippen molar-refractivity contribution in [3.8, 4) is 11.5 Å². The summed E-state index contributed by atoms with van der Waals surface area (Å²) in [5, 5.41) is 0. The molecule has 0 amide bonds. The molecule has 0 unspecified atom stereocenters. The normalized spacial score (nSPS) is 10.5. The maximum atomic E-state index is 11.4. The summed E-state index contributed by atoms with van der Waals surface area (Å²) in [4.78, 5) is 22.7. The highest BCUT2D eigenvalue weighted by atomic mass is 16.5. The maximum Gasteiger partial charge on any atom is 0.335 e. The summed E-state index contributed by atoms with van der Waals surface area (Å²) in [6, 6.07) is 11.1. The van der Waals surface area contributed by atoms with Gasteiger partial charge in [-0.05, 0) is 59.4 Å². The molecule has 0 atom stereocenters. The number of hydrogen-bond donors (Lipinski definition) is 0. The first-order valence-corrected chi connectivity index (χ1v) is 9.13.